The van der Waals surface area contributed by atoms with Gasteiger partial charge in [0.05, 0.1) is 25.4 Å². The fourth-order valence-corrected chi connectivity index (χ4v) is 22.3. The summed E-state index contributed by atoms with van der Waals surface area (Å²) in [5, 5.41) is 0. The van der Waals surface area contributed by atoms with Gasteiger partial charge in [0, 0.05) is 31.8 Å². The topological polar surface area (TPSA) is 54.0 Å². The highest BCUT2D eigenvalue weighted by atomic mass is 28.4. The maximum atomic E-state index is 14.7. The Morgan fingerprint density at radius 3 is 1.08 bits per heavy atom. The largest absolute Gasteiger partial charge is 0.466 e. The third-order valence-electron chi connectivity index (χ3n) is 12.6. The third kappa shape index (κ3) is 16.0. The van der Waals surface area contributed by atoms with Gasteiger partial charge in [-0.25, -0.2) is 4.79 Å². The van der Waals surface area contributed by atoms with Crippen molar-refractivity contribution in [3.63, 3.8) is 0 Å². The summed E-state index contributed by atoms with van der Waals surface area (Å²) in [6.07, 6.45) is -24.8. The highest BCUT2D eigenvalue weighted by Crippen LogP contribution is 2.50. The molecule has 0 N–H and O–H groups in total. The Hall–Kier alpha value is -1.57. The van der Waals surface area contributed by atoms with Crippen LogP contribution in [0.5, 0.6) is 0 Å². The summed E-state index contributed by atoms with van der Waals surface area (Å²) in [5.74, 6) is -16.5. The second-order valence-corrected chi connectivity index (χ2v) is 33.4. The predicted molar refractivity (Wildman–Crippen MR) is 224 cm³/mol. The van der Waals surface area contributed by atoms with Crippen molar-refractivity contribution < 1.29 is 88.7 Å². The van der Waals surface area contributed by atoms with Gasteiger partial charge in [0.15, 0.2) is 25.0 Å². The van der Waals surface area contributed by atoms with Gasteiger partial charge in [0.1, 0.15) is 0 Å². The molecule has 23 heteroatoms. The molecule has 0 spiro atoms. The number of ether oxygens (including phenoxy) is 1. The second kappa shape index (κ2) is 23.6. The summed E-state index contributed by atoms with van der Waals surface area (Å²) in [4.78, 5) is 12.7. The molecule has 0 aromatic carbocycles. The fourth-order valence-electron chi connectivity index (χ4n) is 8.42. The summed E-state index contributed by atoms with van der Waals surface area (Å²) in [5.41, 5.74) is -4.25. The zero-order valence-corrected chi connectivity index (χ0v) is 42.0. The van der Waals surface area contributed by atoms with Crippen LogP contribution in [-0.2, 0) is 22.8 Å². The molecule has 5 nitrogen and oxygen atoms in total. The van der Waals surface area contributed by atoms with Crippen LogP contribution >= 0.6 is 0 Å². The van der Waals surface area contributed by atoms with Crippen molar-refractivity contribution in [1.82, 2.24) is 0 Å². The number of methoxy groups -OCH3 is 1. The summed E-state index contributed by atoms with van der Waals surface area (Å²) in [6, 6.07) is -2.37. The Morgan fingerprint density at radius 2 is 0.812 bits per heavy atom. The molecule has 0 aliphatic rings. The molecule has 0 saturated carbocycles. The lowest BCUT2D eigenvalue weighted by atomic mass is 10.0. The standard InChI is InChI=1S/C41H69F15O5Si3/c1-15-16-32(59-62(26(2)3,27(4)5)22-19-36(42,43)39(48,49)50)25-34(61-64(30(10)11,31(12)13)24-21-38(46,47)41(54,55)56)33(17-18-35(57)58-14)60-63(28(6)7,29(8)9)23-20-37(44,45)40(51,52)53/h15,17-18,26-34H,1,16,19-25H2,2-14H3/b18-17+/t32-,33-,34?/m0/s1. The van der Waals surface area contributed by atoms with Crippen LogP contribution in [0, 0.1) is 0 Å². The normalized spacial score (nSPS) is 16.3. The van der Waals surface area contributed by atoms with Crippen molar-refractivity contribution in [2.24, 2.45) is 0 Å². The quantitative estimate of drug-likeness (QED) is 0.0257. The van der Waals surface area contributed by atoms with E-state index in [0.717, 1.165) is 19.3 Å². The number of carbonyl (C=O) groups excluding carboxylic acids is 1. The summed E-state index contributed by atoms with van der Waals surface area (Å²) < 4.78 is 235. The number of rotatable bonds is 28. The van der Waals surface area contributed by atoms with Crippen LogP contribution in [0.15, 0.2) is 24.8 Å². The van der Waals surface area contributed by atoms with Gasteiger partial charge < -0.3 is 18.0 Å². The SMILES string of the molecule is C=CC[C@@H](CC(O[Si](CCC(F)(F)C(F)(F)F)(C(C)C)C(C)C)[C@H](/C=C/C(=O)OC)O[Si](CCC(F)(F)C(F)(F)F)(C(C)C)C(C)C)O[Si](CCC(F)(F)C(F)(F)F)(C(C)C)C(C)C. The van der Waals surface area contributed by atoms with Gasteiger partial charge >= 0.3 is 42.3 Å². The first-order valence-electron chi connectivity index (χ1n) is 21.3. The van der Waals surface area contributed by atoms with Crippen LogP contribution in [0.25, 0.3) is 0 Å². The molecule has 380 valence electrons. The smallest absolute Gasteiger partial charge is 0.453 e. The zero-order valence-electron chi connectivity index (χ0n) is 39.0. The van der Waals surface area contributed by atoms with Gasteiger partial charge in [0.2, 0.25) is 0 Å². The van der Waals surface area contributed by atoms with E-state index in [1.165, 1.54) is 61.5 Å². The molecule has 0 saturated heterocycles. The van der Waals surface area contributed by atoms with Crippen molar-refractivity contribution >= 4 is 30.9 Å². The van der Waals surface area contributed by atoms with Gasteiger partial charge in [0.25, 0.3) is 0 Å². The van der Waals surface area contributed by atoms with E-state index >= 15 is 0 Å². The summed E-state index contributed by atoms with van der Waals surface area (Å²) >= 11 is 0. The van der Waals surface area contributed by atoms with Crippen molar-refractivity contribution in [2.45, 2.75) is 221 Å². The lowest BCUT2D eigenvalue weighted by Crippen LogP contribution is -2.56. The van der Waals surface area contributed by atoms with E-state index in [4.69, 9.17) is 18.0 Å². The van der Waals surface area contributed by atoms with Gasteiger partial charge in [-0.3, -0.25) is 0 Å². The molecule has 0 aromatic heterocycles. The molecule has 0 fully saturated rings. The van der Waals surface area contributed by atoms with Gasteiger partial charge in [-0.1, -0.05) is 89.2 Å². The predicted octanol–water partition coefficient (Wildman–Crippen LogP) is 15.9. The number of carbonyl (C=O) groups is 1. The molecule has 1 unspecified atom stereocenters. The van der Waals surface area contributed by atoms with Crippen LogP contribution < -0.4 is 0 Å². The molecule has 0 heterocycles. The average molecular weight is 1010 g/mol. The van der Waals surface area contributed by atoms with Crippen molar-refractivity contribution in [1.29, 1.82) is 0 Å². The minimum Gasteiger partial charge on any atom is -0.466 e. The third-order valence-corrected chi connectivity index (χ3v) is 29.7. The molecule has 0 aromatic rings. The van der Waals surface area contributed by atoms with Crippen LogP contribution in [0.1, 0.15) is 115 Å². The Bertz CT molecular complexity index is 1440. The monoisotopic (exact) mass is 1010 g/mol. The molecule has 0 amide bonds. The average Bonchev–Trinajstić information content (AvgIpc) is 3.11. The van der Waals surface area contributed by atoms with Crippen LogP contribution in [-0.4, -0.2) is 92.6 Å². The van der Waals surface area contributed by atoms with Crippen molar-refractivity contribution in [3.05, 3.63) is 24.8 Å². The van der Waals surface area contributed by atoms with E-state index in [0.29, 0.717) is 0 Å². The lowest BCUT2D eigenvalue weighted by molar-refractivity contribution is -0.283. The first-order valence-corrected chi connectivity index (χ1v) is 28.1. The number of alkyl halides is 15. The van der Waals surface area contributed by atoms with E-state index < -0.39 is 163 Å². The Labute approximate surface area is 372 Å². The molecule has 64 heavy (non-hydrogen) atoms. The number of halogens is 15. The highest BCUT2D eigenvalue weighted by molar-refractivity contribution is 6.77. The molecular weight excluding hydrogens is 942 g/mol. The minimum atomic E-state index is -5.96. The van der Waals surface area contributed by atoms with E-state index in [1.807, 2.05) is 0 Å². The minimum absolute atomic E-state index is 0.171. The van der Waals surface area contributed by atoms with Crippen LogP contribution in [0.3, 0.4) is 0 Å². The molecule has 0 bridgehead atoms. The lowest BCUT2D eigenvalue weighted by Gasteiger charge is -2.48. The highest BCUT2D eigenvalue weighted by Gasteiger charge is 2.62. The van der Waals surface area contributed by atoms with E-state index in [-0.39, 0.29) is 6.42 Å². The molecule has 0 aliphatic heterocycles. The second-order valence-electron chi connectivity index (χ2n) is 18.5. The van der Waals surface area contributed by atoms with Crippen LogP contribution in [0.2, 0.25) is 51.4 Å². The molecule has 0 rings (SSSR count). The van der Waals surface area contributed by atoms with Crippen molar-refractivity contribution in [3.8, 4) is 0 Å². The Morgan fingerprint density at radius 1 is 0.516 bits per heavy atom. The summed E-state index contributed by atoms with van der Waals surface area (Å²) in [7, 11) is -10.9. The summed E-state index contributed by atoms with van der Waals surface area (Å²) in [6.45, 7) is 22.3. The maximum absolute atomic E-state index is 14.7. The first kappa shape index (κ1) is 62.4. The first-order chi connectivity index (χ1) is 28.6. The Kier molecular flexibility index (Phi) is 23.1. The fraction of sp³-hybridized carbons (Fsp3) is 0.878. The Balaban J connectivity index is 8.45. The van der Waals surface area contributed by atoms with Crippen LogP contribution in [0.4, 0.5) is 65.9 Å². The van der Waals surface area contributed by atoms with E-state index in [2.05, 4.69) is 6.58 Å². The number of hydrogen-bond acceptors (Lipinski definition) is 5. The van der Waals surface area contributed by atoms with Gasteiger partial charge in [-0.05, 0) is 63.9 Å². The molecule has 0 aliphatic carbocycles. The molecular formula is C41H69F15O5Si3. The van der Waals surface area contributed by atoms with Gasteiger partial charge in [-0.2, -0.15) is 65.9 Å². The number of esters is 1. The molecule has 3 atom stereocenters. The number of hydrogen-bond donors (Lipinski definition) is 0. The van der Waals surface area contributed by atoms with Gasteiger partial charge in [-0.15, -0.1) is 6.58 Å². The van der Waals surface area contributed by atoms with E-state index in [9.17, 15) is 70.7 Å². The zero-order chi connectivity index (χ0) is 50.9. The molecule has 0 radical (unpaired) electrons. The maximum Gasteiger partial charge on any atom is 0.453 e. The van der Waals surface area contributed by atoms with E-state index in [1.54, 1.807) is 27.7 Å². The van der Waals surface area contributed by atoms with Crippen molar-refractivity contribution in [2.75, 3.05) is 7.11 Å².